The van der Waals surface area contributed by atoms with Crippen LogP contribution in [-0.2, 0) is 26.4 Å². The first-order valence-corrected chi connectivity index (χ1v) is 8.36. The van der Waals surface area contributed by atoms with E-state index in [1.165, 1.54) is 6.07 Å². The largest absolute Gasteiger partial charge is 0.598 e. The van der Waals surface area contributed by atoms with Crippen LogP contribution in [0.2, 0.25) is 0 Å². The molecule has 122 valence electrons. The molecule has 2 rings (SSSR count). The molecule has 1 aromatic rings. The van der Waals surface area contributed by atoms with Gasteiger partial charge in [0.05, 0.1) is 12.5 Å². The number of ketones is 1. The van der Waals surface area contributed by atoms with Crippen LogP contribution >= 0.6 is 0 Å². The highest BCUT2D eigenvalue weighted by Gasteiger charge is 2.49. The van der Waals surface area contributed by atoms with E-state index in [9.17, 15) is 13.7 Å². The fourth-order valence-corrected chi connectivity index (χ4v) is 3.44. The number of halogens is 1. The number of carbonyl (C=O) groups excluding carboxylic acids is 1. The van der Waals surface area contributed by atoms with E-state index in [4.69, 9.17) is 4.74 Å². The Morgan fingerprint density at radius 1 is 1.32 bits per heavy atom. The molecular formula is C16H22FNO3S. The molecule has 0 spiro atoms. The Morgan fingerprint density at radius 3 is 2.45 bits per heavy atom. The van der Waals surface area contributed by atoms with Crippen molar-refractivity contribution in [2.45, 2.75) is 38.0 Å². The monoisotopic (exact) mass is 327 g/mol. The molecule has 3 atom stereocenters. The van der Waals surface area contributed by atoms with E-state index in [0.717, 1.165) is 0 Å². The SMILES string of the molecule is CC(N[S+]([O-])C(C)(C)C)(c1ccccc1F)[C@H]1COCC1=O. The summed E-state index contributed by atoms with van der Waals surface area (Å²) in [5.41, 5.74) is -0.756. The fraction of sp³-hybridized carbons (Fsp3) is 0.562. The van der Waals surface area contributed by atoms with E-state index >= 15 is 0 Å². The van der Waals surface area contributed by atoms with Gasteiger partial charge in [-0.25, -0.2) is 4.39 Å². The first-order chi connectivity index (χ1) is 10.2. The average molecular weight is 327 g/mol. The van der Waals surface area contributed by atoms with Crippen LogP contribution in [0.5, 0.6) is 0 Å². The normalized spacial score (nSPS) is 23.4. The van der Waals surface area contributed by atoms with Crippen LogP contribution in [0.25, 0.3) is 0 Å². The third kappa shape index (κ3) is 3.35. The Hall–Kier alpha value is -0.950. The summed E-state index contributed by atoms with van der Waals surface area (Å²) < 4.78 is 34.6. The number of benzene rings is 1. The number of hydrogen-bond acceptors (Lipinski definition) is 4. The molecule has 0 aliphatic carbocycles. The highest BCUT2D eigenvalue weighted by molar-refractivity contribution is 7.90. The second-order valence-corrected chi connectivity index (χ2v) is 8.67. The molecule has 4 nitrogen and oxygen atoms in total. The number of rotatable bonds is 4. The summed E-state index contributed by atoms with van der Waals surface area (Å²) in [4.78, 5) is 12.2. The topological polar surface area (TPSA) is 61.4 Å². The minimum absolute atomic E-state index is 0.0124. The van der Waals surface area contributed by atoms with Gasteiger partial charge in [0.2, 0.25) is 0 Å². The smallest absolute Gasteiger partial charge is 0.166 e. The van der Waals surface area contributed by atoms with Gasteiger partial charge in [0.15, 0.2) is 5.78 Å². The van der Waals surface area contributed by atoms with E-state index < -0.39 is 33.4 Å². The Morgan fingerprint density at radius 2 is 1.95 bits per heavy atom. The summed E-state index contributed by atoms with van der Waals surface area (Å²) >= 11 is -1.45. The zero-order chi connectivity index (χ0) is 16.5. The lowest BCUT2D eigenvalue weighted by molar-refractivity contribution is -0.122. The second-order valence-electron chi connectivity index (χ2n) is 6.70. The van der Waals surface area contributed by atoms with Crippen molar-refractivity contribution >= 4 is 17.1 Å². The second kappa shape index (κ2) is 6.28. The molecular weight excluding hydrogens is 305 g/mol. The molecule has 1 aromatic carbocycles. The lowest BCUT2D eigenvalue weighted by atomic mass is 9.79. The molecule has 0 bridgehead atoms. The van der Waals surface area contributed by atoms with Crippen LogP contribution in [0.15, 0.2) is 24.3 Å². The molecule has 1 aliphatic heterocycles. The quantitative estimate of drug-likeness (QED) is 0.862. The van der Waals surface area contributed by atoms with Crippen molar-refractivity contribution in [3.05, 3.63) is 35.6 Å². The van der Waals surface area contributed by atoms with Crippen LogP contribution in [0.4, 0.5) is 4.39 Å². The summed E-state index contributed by atoms with van der Waals surface area (Å²) in [6, 6.07) is 6.26. The summed E-state index contributed by atoms with van der Waals surface area (Å²) in [5.74, 6) is -1.11. The summed E-state index contributed by atoms with van der Waals surface area (Å²) in [7, 11) is 0. The zero-order valence-electron chi connectivity index (χ0n) is 13.3. The average Bonchev–Trinajstić information content (AvgIpc) is 2.84. The molecule has 0 radical (unpaired) electrons. The van der Waals surface area contributed by atoms with Gasteiger partial charge in [0.25, 0.3) is 0 Å². The summed E-state index contributed by atoms with van der Waals surface area (Å²) in [6.07, 6.45) is 0. The van der Waals surface area contributed by atoms with Crippen LogP contribution < -0.4 is 4.72 Å². The lowest BCUT2D eigenvalue weighted by Crippen LogP contribution is -2.55. The van der Waals surface area contributed by atoms with E-state index in [-0.39, 0.29) is 19.0 Å². The van der Waals surface area contributed by atoms with Crippen molar-refractivity contribution < 1.29 is 18.5 Å². The standard InChI is InChI=1S/C16H22FNO3S/c1-15(2,3)22(20)18-16(4,12-9-21-10-14(12)19)11-7-5-6-8-13(11)17/h5-8,12,18H,9-10H2,1-4H3/t12-,16?,22?/m0/s1. The predicted molar refractivity (Wildman–Crippen MR) is 84.1 cm³/mol. The van der Waals surface area contributed by atoms with Crippen LogP contribution in [0, 0.1) is 11.7 Å². The van der Waals surface area contributed by atoms with Gasteiger partial charge in [-0.3, -0.25) is 4.79 Å². The van der Waals surface area contributed by atoms with Gasteiger partial charge in [0, 0.05) is 16.9 Å². The summed E-state index contributed by atoms with van der Waals surface area (Å²) in [5, 5.41) is 0. The van der Waals surface area contributed by atoms with Gasteiger partial charge in [-0.2, -0.15) is 0 Å². The maximum atomic E-state index is 14.3. The molecule has 0 aromatic heterocycles. The first kappa shape index (κ1) is 17.4. The molecule has 6 heteroatoms. The molecule has 1 saturated heterocycles. The van der Waals surface area contributed by atoms with Crippen LogP contribution in [0.1, 0.15) is 33.3 Å². The van der Waals surface area contributed by atoms with Crippen LogP contribution in [-0.4, -0.2) is 28.3 Å². The predicted octanol–water partition coefficient (Wildman–Crippen LogP) is 2.31. The van der Waals surface area contributed by atoms with Gasteiger partial charge in [-0.1, -0.05) is 18.2 Å². The molecule has 1 N–H and O–H groups in total. The molecule has 1 aliphatic rings. The molecule has 0 saturated carbocycles. The fourth-order valence-electron chi connectivity index (χ4n) is 2.50. The van der Waals surface area contributed by atoms with Crippen molar-refractivity contribution in [2.75, 3.05) is 13.2 Å². The van der Waals surface area contributed by atoms with Crippen molar-refractivity contribution in [3.8, 4) is 0 Å². The third-order valence-corrected chi connectivity index (χ3v) is 5.63. The Kier molecular flexibility index (Phi) is 4.96. The van der Waals surface area contributed by atoms with Gasteiger partial charge in [-0.05, 0) is 33.8 Å². The minimum Gasteiger partial charge on any atom is -0.598 e. The maximum Gasteiger partial charge on any atom is 0.166 e. The first-order valence-electron chi connectivity index (χ1n) is 7.21. The van der Waals surface area contributed by atoms with Gasteiger partial charge < -0.3 is 9.29 Å². The molecule has 0 amide bonds. The Labute approximate surface area is 133 Å². The molecule has 22 heavy (non-hydrogen) atoms. The Balaban J connectivity index is 2.45. The number of ether oxygens (including phenoxy) is 1. The third-order valence-electron chi connectivity index (χ3n) is 3.91. The van der Waals surface area contributed by atoms with Gasteiger partial charge in [0.1, 0.15) is 22.7 Å². The van der Waals surface area contributed by atoms with Crippen molar-refractivity contribution in [3.63, 3.8) is 0 Å². The molecule has 1 fully saturated rings. The number of carbonyl (C=O) groups is 1. The van der Waals surface area contributed by atoms with E-state index in [2.05, 4.69) is 4.72 Å². The highest BCUT2D eigenvalue weighted by Crippen LogP contribution is 2.36. The van der Waals surface area contributed by atoms with Crippen LogP contribution in [0.3, 0.4) is 0 Å². The lowest BCUT2D eigenvalue weighted by Gasteiger charge is -2.38. The number of Topliss-reactive ketones (excluding diaryl/α,β-unsaturated/α-hetero) is 1. The van der Waals surface area contributed by atoms with Crippen molar-refractivity contribution in [2.24, 2.45) is 5.92 Å². The van der Waals surface area contributed by atoms with Gasteiger partial charge in [-0.15, -0.1) is 4.72 Å². The van der Waals surface area contributed by atoms with E-state index in [0.29, 0.717) is 5.56 Å². The Bertz CT molecular complexity index is 561. The van der Waals surface area contributed by atoms with E-state index in [1.54, 1.807) is 25.1 Å². The van der Waals surface area contributed by atoms with Gasteiger partial charge >= 0.3 is 0 Å². The minimum atomic E-state index is -1.45. The van der Waals surface area contributed by atoms with Crippen molar-refractivity contribution in [1.82, 2.24) is 4.72 Å². The van der Waals surface area contributed by atoms with Crippen molar-refractivity contribution in [1.29, 1.82) is 0 Å². The molecule has 1 heterocycles. The summed E-state index contributed by atoms with van der Waals surface area (Å²) in [6.45, 7) is 7.39. The number of nitrogens with one attached hydrogen (secondary N) is 1. The maximum absolute atomic E-state index is 14.3. The number of hydrogen-bond donors (Lipinski definition) is 1. The molecule has 2 unspecified atom stereocenters. The highest BCUT2D eigenvalue weighted by atomic mass is 32.2. The van der Waals surface area contributed by atoms with E-state index in [1.807, 2.05) is 20.8 Å². The zero-order valence-corrected chi connectivity index (χ0v) is 14.1.